The van der Waals surface area contributed by atoms with E-state index in [1.54, 1.807) is 4.57 Å². The van der Waals surface area contributed by atoms with Crippen LogP contribution in [0.2, 0.25) is 0 Å². The van der Waals surface area contributed by atoms with Crippen molar-refractivity contribution in [3.8, 4) is 5.69 Å². The van der Waals surface area contributed by atoms with Gasteiger partial charge in [0.2, 0.25) is 0 Å². The van der Waals surface area contributed by atoms with E-state index in [9.17, 15) is 4.79 Å². The average molecular weight is 417 g/mol. The molecule has 6 heteroatoms. The van der Waals surface area contributed by atoms with E-state index in [0.29, 0.717) is 29.1 Å². The zero-order valence-electron chi connectivity index (χ0n) is 18.3. The van der Waals surface area contributed by atoms with Crippen molar-refractivity contribution in [2.24, 2.45) is 5.92 Å². The lowest BCUT2D eigenvalue weighted by molar-refractivity contribution is 0.0462. The van der Waals surface area contributed by atoms with Crippen LogP contribution in [0.3, 0.4) is 0 Å². The van der Waals surface area contributed by atoms with Crippen LogP contribution in [0.15, 0.2) is 48.5 Å². The van der Waals surface area contributed by atoms with Crippen molar-refractivity contribution < 1.29 is 9.53 Å². The number of hydrogen-bond donors (Lipinski definition) is 1. The van der Waals surface area contributed by atoms with Crippen LogP contribution in [0.25, 0.3) is 27.9 Å². The Morgan fingerprint density at radius 1 is 1.06 bits per heavy atom. The number of nitrogen functional groups attached to an aromatic ring is 1. The molecule has 31 heavy (non-hydrogen) atoms. The van der Waals surface area contributed by atoms with Gasteiger partial charge in [0.15, 0.2) is 5.65 Å². The van der Waals surface area contributed by atoms with Crippen molar-refractivity contribution in [3.05, 3.63) is 59.7 Å². The van der Waals surface area contributed by atoms with Crippen molar-refractivity contribution >= 4 is 34.0 Å². The molecule has 2 heterocycles. The van der Waals surface area contributed by atoms with Gasteiger partial charge in [-0.05, 0) is 48.6 Å². The normalized spacial score (nSPS) is 11.5. The molecule has 2 N–H and O–H groups in total. The minimum atomic E-state index is -0.473. The van der Waals surface area contributed by atoms with Gasteiger partial charge in [0.05, 0.1) is 17.6 Å². The summed E-state index contributed by atoms with van der Waals surface area (Å²) in [7, 11) is 0. The van der Waals surface area contributed by atoms with E-state index in [-0.39, 0.29) is 11.5 Å². The molecule has 0 spiro atoms. The molecule has 160 valence electrons. The Morgan fingerprint density at radius 2 is 1.74 bits per heavy atom. The lowest BCUT2D eigenvalue weighted by atomic mass is 10.1. The highest BCUT2D eigenvalue weighted by atomic mass is 16.5. The summed E-state index contributed by atoms with van der Waals surface area (Å²) in [5.74, 6) is 0.0422. The number of unbranched alkanes of at least 4 members (excludes halogenated alkanes) is 1. The van der Waals surface area contributed by atoms with Gasteiger partial charge in [0.25, 0.3) is 0 Å². The minimum Gasteiger partial charge on any atom is -0.462 e. The van der Waals surface area contributed by atoms with Crippen molar-refractivity contribution in [1.82, 2.24) is 14.5 Å². The first kappa shape index (κ1) is 20.8. The van der Waals surface area contributed by atoms with Gasteiger partial charge in [-0.15, -0.1) is 0 Å². The first-order chi connectivity index (χ1) is 15.0. The Balaban J connectivity index is 1.88. The van der Waals surface area contributed by atoms with E-state index in [1.165, 1.54) is 5.56 Å². The number of carbonyl (C=O) groups excluding carboxylic acids is 1. The number of nitrogens with zero attached hydrogens (tertiary/aromatic N) is 3. The van der Waals surface area contributed by atoms with Gasteiger partial charge in [0, 0.05) is 5.69 Å². The highest BCUT2D eigenvalue weighted by Crippen LogP contribution is 2.31. The molecule has 2 aromatic carbocycles. The predicted molar refractivity (Wildman–Crippen MR) is 125 cm³/mol. The van der Waals surface area contributed by atoms with E-state index in [1.807, 2.05) is 50.2 Å². The number of aromatic nitrogens is 3. The maximum absolute atomic E-state index is 13.0. The zero-order valence-corrected chi connectivity index (χ0v) is 18.3. The summed E-state index contributed by atoms with van der Waals surface area (Å²) in [6.45, 7) is 6.49. The van der Waals surface area contributed by atoms with Crippen molar-refractivity contribution in [1.29, 1.82) is 0 Å². The van der Waals surface area contributed by atoms with Crippen LogP contribution in [-0.2, 0) is 11.2 Å². The number of nitrogens with two attached hydrogens (primary N) is 1. The number of benzene rings is 2. The molecule has 0 aliphatic rings. The smallest absolute Gasteiger partial charge is 0.344 e. The van der Waals surface area contributed by atoms with Gasteiger partial charge in [-0.2, -0.15) is 0 Å². The van der Waals surface area contributed by atoms with Gasteiger partial charge in [-0.3, -0.25) is 4.57 Å². The Kier molecular flexibility index (Phi) is 5.89. The van der Waals surface area contributed by atoms with Crippen LogP contribution < -0.4 is 5.73 Å². The summed E-state index contributed by atoms with van der Waals surface area (Å²) in [6.07, 6.45) is 3.34. The van der Waals surface area contributed by atoms with Gasteiger partial charge in [0.1, 0.15) is 16.9 Å². The van der Waals surface area contributed by atoms with Gasteiger partial charge < -0.3 is 10.5 Å². The van der Waals surface area contributed by atoms with E-state index in [4.69, 9.17) is 20.4 Å². The summed E-state index contributed by atoms with van der Waals surface area (Å²) in [5, 5.41) is 0. The SMILES string of the molecule is CCCCc1ccc(-n2c(N)c(C(=O)OCC(C)C)c3nc4ccccc4nc32)cc1. The monoisotopic (exact) mass is 416 g/mol. The molecule has 0 saturated heterocycles. The number of hydrogen-bond acceptors (Lipinski definition) is 5. The second-order valence-corrected chi connectivity index (χ2v) is 8.24. The van der Waals surface area contributed by atoms with Crippen LogP contribution in [0.4, 0.5) is 5.82 Å². The summed E-state index contributed by atoms with van der Waals surface area (Å²) < 4.78 is 7.30. The topological polar surface area (TPSA) is 83.0 Å². The summed E-state index contributed by atoms with van der Waals surface area (Å²) in [4.78, 5) is 22.5. The molecule has 0 unspecified atom stereocenters. The third-order valence-corrected chi connectivity index (χ3v) is 5.26. The van der Waals surface area contributed by atoms with Gasteiger partial charge in [-0.25, -0.2) is 14.8 Å². The predicted octanol–water partition coefficient (Wildman–Crippen LogP) is 5.31. The number of rotatable bonds is 7. The molecule has 2 aromatic heterocycles. The van der Waals surface area contributed by atoms with E-state index in [2.05, 4.69) is 19.1 Å². The Morgan fingerprint density at radius 3 is 2.39 bits per heavy atom. The quantitative estimate of drug-likeness (QED) is 0.413. The summed E-state index contributed by atoms with van der Waals surface area (Å²) >= 11 is 0. The van der Waals surface area contributed by atoms with Crippen LogP contribution in [0.1, 0.15) is 49.5 Å². The molecule has 0 bridgehead atoms. The standard InChI is InChI=1S/C25H28N4O2/c1-4-5-8-17-11-13-18(14-12-17)29-23(26)21(25(30)31-15-16(2)3)22-24(29)28-20-10-7-6-9-19(20)27-22/h6-7,9-14,16H,4-5,8,15,26H2,1-3H3. The van der Waals surface area contributed by atoms with Crippen LogP contribution >= 0.6 is 0 Å². The number of anilines is 1. The number of ether oxygens (including phenoxy) is 1. The minimum absolute atomic E-state index is 0.223. The van der Waals surface area contributed by atoms with Crippen LogP contribution in [0.5, 0.6) is 0 Å². The first-order valence-electron chi connectivity index (χ1n) is 10.8. The fraction of sp³-hybridized carbons (Fsp3) is 0.320. The van der Waals surface area contributed by atoms with Crippen LogP contribution in [0, 0.1) is 5.92 Å². The van der Waals surface area contributed by atoms with Crippen LogP contribution in [-0.4, -0.2) is 27.1 Å². The molecule has 4 aromatic rings. The number of esters is 1. The molecular weight excluding hydrogens is 388 g/mol. The van der Waals surface area contributed by atoms with E-state index >= 15 is 0 Å². The van der Waals surface area contributed by atoms with Crippen molar-refractivity contribution in [2.75, 3.05) is 12.3 Å². The number of aryl methyl sites for hydroxylation is 1. The maximum atomic E-state index is 13.0. The van der Waals surface area contributed by atoms with E-state index in [0.717, 1.165) is 30.5 Å². The third-order valence-electron chi connectivity index (χ3n) is 5.26. The fourth-order valence-corrected chi connectivity index (χ4v) is 3.63. The number of para-hydroxylation sites is 2. The molecule has 0 atom stereocenters. The second kappa shape index (κ2) is 8.76. The second-order valence-electron chi connectivity index (χ2n) is 8.24. The maximum Gasteiger partial charge on any atom is 0.344 e. The van der Waals surface area contributed by atoms with E-state index < -0.39 is 5.97 Å². The fourth-order valence-electron chi connectivity index (χ4n) is 3.63. The summed E-state index contributed by atoms with van der Waals surface area (Å²) in [5.41, 5.74) is 11.4. The highest BCUT2D eigenvalue weighted by Gasteiger charge is 2.26. The molecule has 0 saturated carbocycles. The molecule has 0 amide bonds. The molecule has 6 nitrogen and oxygen atoms in total. The number of fused-ring (bicyclic) bond motifs is 2. The largest absolute Gasteiger partial charge is 0.462 e. The third kappa shape index (κ3) is 4.10. The van der Waals surface area contributed by atoms with Gasteiger partial charge in [-0.1, -0.05) is 51.5 Å². The molecule has 0 aliphatic heterocycles. The number of carbonyl (C=O) groups is 1. The van der Waals surface area contributed by atoms with Crippen molar-refractivity contribution in [2.45, 2.75) is 40.0 Å². The van der Waals surface area contributed by atoms with Gasteiger partial charge >= 0.3 is 5.97 Å². The Bertz CT molecular complexity index is 1230. The Hall–Kier alpha value is -3.41. The first-order valence-corrected chi connectivity index (χ1v) is 10.8. The molecular formula is C25H28N4O2. The Labute approximate surface area is 182 Å². The molecule has 0 fully saturated rings. The lowest BCUT2D eigenvalue weighted by Gasteiger charge is -2.10. The lowest BCUT2D eigenvalue weighted by Crippen LogP contribution is -2.12. The molecule has 0 aliphatic carbocycles. The zero-order chi connectivity index (χ0) is 22.0. The molecule has 0 radical (unpaired) electrons. The summed E-state index contributed by atoms with van der Waals surface area (Å²) in [6, 6.07) is 15.8. The van der Waals surface area contributed by atoms with Crippen molar-refractivity contribution in [3.63, 3.8) is 0 Å². The highest BCUT2D eigenvalue weighted by molar-refractivity contribution is 6.09. The average Bonchev–Trinajstić information content (AvgIpc) is 3.05. The molecule has 4 rings (SSSR count).